The van der Waals surface area contributed by atoms with Crippen LogP contribution in [0.3, 0.4) is 0 Å². The van der Waals surface area contributed by atoms with Crippen LogP contribution in [0.4, 0.5) is 0 Å². The van der Waals surface area contributed by atoms with E-state index in [2.05, 4.69) is 9.97 Å². The molecule has 0 radical (unpaired) electrons. The molecule has 110 valence electrons. The summed E-state index contributed by atoms with van der Waals surface area (Å²) in [6.07, 6.45) is 4.13. The monoisotopic (exact) mass is 287 g/mol. The van der Waals surface area contributed by atoms with E-state index < -0.39 is 8.80 Å². The Bertz CT molecular complexity index is 329. The predicted octanol–water partition coefficient (Wildman–Crippen LogP) is 1.85. The van der Waals surface area contributed by atoms with Crippen LogP contribution in [0.1, 0.15) is 39.1 Å². The molecule has 3 N–H and O–H groups in total. The molecule has 19 heavy (non-hydrogen) atoms. The summed E-state index contributed by atoms with van der Waals surface area (Å²) in [4.78, 5) is 7.26. The summed E-state index contributed by atoms with van der Waals surface area (Å²) in [5, 5.41) is 0. The van der Waals surface area contributed by atoms with Crippen molar-refractivity contribution in [2.24, 2.45) is 5.73 Å². The maximum Gasteiger partial charge on any atom is 0.501 e. The lowest BCUT2D eigenvalue weighted by Gasteiger charge is -2.31. The Morgan fingerprint density at radius 2 is 2.05 bits per heavy atom. The van der Waals surface area contributed by atoms with Gasteiger partial charge >= 0.3 is 8.80 Å². The van der Waals surface area contributed by atoms with Gasteiger partial charge in [0.15, 0.2) is 0 Å². The summed E-state index contributed by atoms with van der Waals surface area (Å²) < 4.78 is 17.8. The number of H-pyrrole nitrogens is 1. The van der Waals surface area contributed by atoms with Crippen molar-refractivity contribution in [3.8, 4) is 0 Å². The zero-order chi connectivity index (χ0) is 14.1. The molecule has 0 amide bonds. The lowest BCUT2D eigenvalue weighted by Crippen LogP contribution is -2.47. The average Bonchev–Trinajstić information content (AvgIpc) is 2.91. The number of imidazole rings is 1. The molecular formula is C12H25N3O3Si. The summed E-state index contributed by atoms with van der Waals surface area (Å²) in [5.41, 5.74) is 5.59. The van der Waals surface area contributed by atoms with Crippen molar-refractivity contribution < 1.29 is 13.3 Å². The molecule has 1 aromatic rings. The smallest absolute Gasteiger partial charge is 0.374 e. The Morgan fingerprint density at radius 3 is 2.53 bits per heavy atom. The number of hydrogen-bond acceptors (Lipinski definition) is 5. The zero-order valence-corrected chi connectivity index (χ0v) is 13.0. The van der Waals surface area contributed by atoms with Crippen LogP contribution in [-0.2, 0) is 13.3 Å². The Hall–Kier alpha value is -0.733. The van der Waals surface area contributed by atoms with Crippen LogP contribution in [0.2, 0.25) is 6.04 Å². The number of nitrogens with one attached hydrogen (secondary N) is 1. The van der Waals surface area contributed by atoms with Gasteiger partial charge in [-0.2, -0.15) is 0 Å². The Labute approximate surface area is 116 Å². The highest BCUT2D eigenvalue weighted by Crippen LogP contribution is 2.25. The van der Waals surface area contributed by atoms with E-state index in [1.807, 2.05) is 20.8 Å². The quantitative estimate of drug-likeness (QED) is 0.642. The molecular weight excluding hydrogens is 262 g/mol. The maximum absolute atomic E-state index is 6.11. The molecule has 0 aliphatic rings. The van der Waals surface area contributed by atoms with Crippen LogP contribution in [0.5, 0.6) is 0 Å². The van der Waals surface area contributed by atoms with E-state index in [9.17, 15) is 0 Å². The minimum atomic E-state index is -2.68. The molecule has 0 aromatic carbocycles. The van der Waals surface area contributed by atoms with E-state index in [-0.39, 0.29) is 6.10 Å². The van der Waals surface area contributed by atoms with Gasteiger partial charge in [0.1, 0.15) is 11.9 Å². The van der Waals surface area contributed by atoms with Crippen LogP contribution < -0.4 is 5.73 Å². The van der Waals surface area contributed by atoms with Crippen LogP contribution in [0.15, 0.2) is 12.4 Å². The standard InChI is InChI=1S/C12H25N3O3Si/c1-4-16-19(17-5-2,10-6-7-13)18-11(3)12-14-8-9-15-12/h8-9,11H,4-7,10,13H2,1-3H3,(H,14,15). The Balaban J connectivity index is 2.75. The van der Waals surface area contributed by atoms with E-state index in [0.717, 1.165) is 18.3 Å². The number of aromatic amines is 1. The van der Waals surface area contributed by atoms with Gasteiger partial charge in [-0.15, -0.1) is 0 Å². The van der Waals surface area contributed by atoms with Gasteiger partial charge in [-0.05, 0) is 33.7 Å². The van der Waals surface area contributed by atoms with Crippen molar-refractivity contribution in [1.29, 1.82) is 0 Å². The third-order valence-corrected chi connectivity index (χ3v) is 5.81. The number of nitrogens with zero attached hydrogens (tertiary/aromatic N) is 1. The number of aromatic nitrogens is 2. The summed E-state index contributed by atoms with van der Waals surface area (Å²) in [6.45, 7) is 7.59. The third kappa shape index (κ3) is 5.04. The first kappa shape index (κ1) is 16.3. The van der Waals surface area contributed by atoms with Crippen molar-refractivity contribution in [3.63, 3.8) is 0 Å². The van der Waals surface area contributed by atoms with E-state index in [4.69, 9.17) is 19.0 Å². The van der Waals surface area contributed by atoms with Crippen molar-refractivity contribution in [3.05, 3.63) is 18.2 Å². The summed E-state index contributed by atoms with van der Waals surface area (Å²) >= 11 is 0. The van der Waals surface area contributed by atoms with Gasteiger partial charge < -0.3 is 24.0 Å². The molecule has 6 nitrogen and oxygen atoms in total. The molecule has 1 atom stereocenters. The van der Waals surface area contributed by atoms with Gasteiger partial charge in [-0.1, -0.05) is 0 Å². The van der Waals surface area contributed by atoms with Gasteiger partial charge in [0.05, 0.1) is 0 Å². The van der Waals surface area contributed by atoms with E-state index in [1.165, 1.54) is 0 Å². The molecule has 0 saturated carbocycles. The molecule has 1 unspecified atom stereocenters. The highest BCUT2D eigenvalue weighted by molar-refractivity contribution is 6.60. The minimum Gasteiger partial charge on any atom is -0.374 e. The average molecular weight is 287 g/mol. The molecule has 7 heteroatoms. The fraction of sp³-hybridized carbons (Fsp3) is 0.750. The van der Waals surface area contributed by atoms with Crippen LogP contribution in [0.25, 0.3) is 0 Å². The predicted molar refractivity (Wildman–Crippen MR) is 75.6 cm³/mol. The Morgan fingerprint density at radius 1 is 1.37 bits per heavy atom. The number of nitrogens with two attached hydrogens (primary N) is 1. The van der Waals surface area contributed by atoms with Gasteiger partial charge in [0.2, 0.25) is 0 Å². The summed E-state index contributed by atoms with van der Waals surface area (Å²) in [6, 6.07) is 0.732. The summed E-state index contributed by atoms with van der Waals surface area (Å²) in [7, 11) is -2.68. The van der Waals surface area contributed by atoms with Crippen molar-refractivity contribution >= 4 is 8.80 Å². The van der Waals surface area contributed by atoms with Gasteiger partial charge in [0.25, 0.3) is 0 Å². The first-order valence-corrected chi connectivity index (χ1v) is 8.75. The fourth-order valence-corrected chi connectivity index (χ4v) is 4.69. The first-order valence-electron chi connectivity index (χ1n) is 6.82. The lowest BCUT2D eigenvalue weighted by molar-refractivity contribution is 0.0349. The first-order chi connectivity index (χ1) is 9.17. The SMILES string of the molecule is CCO[Si](CCCN)(OCC)OC(C)c1ncc[nH]1. The number of rotatable bonds is 10. The zero-order valence-electron chi connectivity index (χ0n) is 12.0. The molecule has 0 spiro atoms. The second-order valence-corrected chi connectivity index (χ2v) is 6.85. The van der Waals surface area contributed by atoms with E-state index in [1.54, 1.807) is 12.4 Å². The normalized spacial score (nSPS) is 13.7. The maximum atomic E-state index is 6.11. The van der Waals surface area contributed by atoms with Crippen LogP contribution in [0, 0.1) is 0 Å². The van der Waals surface area contributed by atoms with E-state index in [0.29, 0.717) is 19.8 Å². The third-order valence-electron chi connectivity index (χ3n) is 2.68. The second-order valence-electron chi connectivity index (χ2n) is 4.18. The van der Waals surface area contributed by atoms with Crippen molar-refractivity contribution in [2.75, 3.05) is 19.8 Å². The van der Waals surface area contributed by atoms with Gasteiger partial charge in [0, 0.05) is 31.7 Å². The highest BCUT2D eigenvalue weighted by Gasteiger charge is 2.42. The molecule has 1 heterocycles. The molecule has 0 fully saturated rings. The lowest BCUT2D eigenvalue weighted by atomic mass is 10.4. The van der Waals surface area contributed by atoms with Crippen LogP contribution in [-0.4, -0.2) is 38.5 Å². The van der Waals surface area contributed by atoms with Crippen molar-refractivity contribution in [1.82, 2.24) is 9.97 Å². The molecule has 0 bridgehead atoms. The molecule has 0 aliphatic carbocycles. The minimum absolute atomic E-state index is 0.183. The molecule has 1 aromatic heterocycles. The van der Waals surface area contributed by atoms with Gasteiger partial charge in [-0.3, -0.25) is 0 Å². The molecule has 0 saturated heterocycles. The highest BCUT2D eigenvalue weighted by atomic mass is 28.4. The fourth-order valence-electron chi connectivity index (χ4n) is 1.90. The van der Waals surface area contributed by atoms with Gasteiger partial charge in [-0.25, -0.2) is 4.98 Å². The van der Waals surface area contributed by atoms with E-state index >= 15 is 0 Å². The second kappa shape index (κ2) is 8.44. The Kier molecular flexibility index (Phi) is 7.25. The summed E-state index contributed by atoms with van der Waals surface area (Å²) in [5.74, 6) is 0.782. The number of hydrogen-bond donors (Lipinski definition) is 2. The largest absolute Gasteiger partial charge is 0.501 e. The molecule has 1 rings (SSSR count). The topological polar surface area (TPSA) is 82.4 Å². The van der Waals surface area contributed by atoms with Crippen LogP contribution >= 0.6 is 0 Å². The van der Waals surface area contributed by atoms with Crippen molar-refractivity contribution in [2.45, 2.75) is 39.3 Å². The molecule has 0 aliphatic heterocycles.